The minimum atomic E-state index is 0.00997. The van der Waals surface area contributed by atoms with Crippen molar-refractivity contribution in [2.75, 3.05) is 31.2 Å². The molecule has 7 heteroatoms. The van der Waals surface area contributed by atoms with Crippen molar-refractivity contribution < 1.29 is 9.53 Å². The van der Waals surface area contributed by atoms with Crippen molar-refractivity contribution in [2.24, 2.45) is 5.41 Å². The van der Waals surface area contributed by atoms with Crippen LogP contribution in [0.25, 0.3) is 10.9 Å². The van der Waals surface area contributed by atoms with E-state index in [1.807, 2.05) is 6.07 Å². The van der Waals surface area contributed by atoms with E-state index < -0.39 is 0 Å². The van der Waals surface area contributed by atoms with Gasteiger partial charge in [-0.3, -0.25) is 4.79 Å². The fraction of sp³-hybridized carbons (Fsp3) is 0.455. The van der Waals surface area contributed by atoms with E-state index in [0.717, 1.165) is 40.6 Å². The smallest absolute Gasteiger partial charge is 0.263 e. The van der Waals surface area contributed by atoms with E-state index in [9.17, 15) is 4.79 Å². The number of aromatic amines is 1. The number of aromatic nitrogens is 2. The second-order valence-corrected chi connectivity index (χ2v) is 9.76. The lowest BCUT2D eigenvalue weighted by atomic mass is 9.88. The molecule has 0 aliphatic carbocycles. The van der Waals surface area contributed by atoms with Crippen LogP contribution in [0.3, 0.4) is 0 Å². The number of morpholine rings is 1. The van der Waals surface area contributed by atoms with Crippen LogP contribution in [-0.4, -0.2) is 48.2 Å². The zero-order valence-corrected chi connectivity index (χ0v) is 17.6. The molecule has 1 unspecified atom stereocenters. The molecule has 0 bridgehead atoms. The van der Waals surface area contributed by atoms with Gasteiger partial charge in [-0.25, -0.2) is 4.98 Å². The summed E-state index contributed by atoms with van der Waals surface area (Å²) in [6.07, 6.45) is 3.80. The van der Waals surface area contributed by atoms with Crippen molar-refractivity contribution in [1.82, 2.24) is 15.3 Å². The Kier molecular flexibility index (Phi) is 4.59. The third-order valence-corrected chi connectivity index (χ3v) is 7.00. The highest BCUT2D eigenvalue weighted by Gasteiger charge is 2.33. The van der Waals surface area contributed by atoms with Gasteiger partial charge in [-0.15, -0.1) is 0 Å². The average molecular weight is 411 g/mol. The first-order chi connectivity index (χ1) is 14.0. The number of fused-ring (bicyclic) bond motifs is 2. The average Bonchev–Trinajstić information content (AvgIpc) is 3.28. The second-order valence-electron chi connectivity index (χ2n) is 8.78. The molecule has 2 aliphatic heterocycles. The first-order valence-electron chi connectivity index (χ1n) is 10.2. The highest BCUT2D eigenvalue weighted by atomic mass is 32.1. The summed E-state index contributed by atoms with van der Waals surface area (Å²) in [5.41, 5.74) is 3.40. The molecule has 2 N–H and O–H groups in total. The van der Waals surface area contributed by atoms with Crippen LogP contribution in [0.5, 0.6) is 0 Å². The summed E-state index contributed by atoms with van der Waals surface area (Å²) in [6, 6.07) is 8.59. The van der Waals surface area contributed by atoms with Crippen LogP contribution in [0, 0.1) is 5.41 Å². The second kappa shape index (κ2) is 7.15. The van der Waals surface area contributed by atoms with E-state index in [-0.39, 0.29) is 17.4 Å². The molecule has 4 heterocycles. The van der Waals surface area contributed by atoms with Gasteiger partial charge in [-0.2, -0.15) is 0 Å². The first kappa shape index (κ1) is 18.6. The van der Waals surface area contributed by atoms with Crippen molar-refractivity contribution in [3.05, 3.63) is 46.6 Å². The molecule has 152 valence electrons. The Labute approximate surface area is 174 Å². The number of thiazole rings is 1. The van der Waals surface area contributed by atoms with Crippen LogP contribution >= 0.6 is 11.3 Å². The zero-order chi connectivity index (χ0) is 20.0. The van der Waals surface area contributed by atoms with E-state index in [1.54, 1.807) is 0 Å². The summed E-state index contributed by atoms with van der Waals surface area (Å²) in [4.78, 5) is 24.0. The maximum Gasteiger partial charge on any atom is 0.263 e. The van der Waals surface area contributed by atoms with Gasteiger partial charge in [0.05, 0.1) is 24.9 Å². The number of benzene rings is 1. The number of nitrogens with one attached hydrogen (secondary N) is 2. The number of carbonyl (C=O) groups is 1. The standard InChI is InChI=1S/C22H26N4O2S/c1-22(2)10-18-19(20(27)24-13-22)29-21(25-18)26-7-8-28-12-15(26)9-14-11-23-17-6-4-3-5-16(14)17/h3-6,11,15,23H,7-10,12-13H2,1-2H3,(H,24,27). The van der Waals surface area contributed by atoms with Gasteiger partial charge in [0.2, 0.25) is 0 Å². The summed E-state index contributed by atoms with van der Waals surface area (Å²) < 4.78 is 5.82. The van der Waals surface area contributed by atoms with Crippen LogP contribution < -0.4 is 10.2 Å². The highest BCUT2D eigenvalue weighted by molar-refractivity contribution is 7.17. The molecule has 3 aromatic rings. The lowest BCUT2D eigenvalue weighted by Gasteiger charge is -2.35. The molecule has 5 rings (SSSR count). The molecule has 0 saturated carbocycles. The fourth-order valence-electron chi connectivity index (χ4n) is 4.31. The van der Waals surface area contributed by atoms with Gasteiger partial charge in [-0.05, 0) is 29.9 Å². The molecular formula is C22H26N4O2S. The van der Waals surface area contributed by atoms with Crippen LogP contribution in [0.4, 0.5) is 5.13 Å². The Balaban J connectivity index is 1.45. The Morgan fingerprint density at radius 1 is 1.34 bits per heavy atom. The van der Waals surface area contributed by atoms with Crippen molar-refractivity contribution in [1.29, 1.82) is 0 Å². The van der Waals surface area contributed by atoms with Gasteiger partial charge in [0.15, 0.2) is 5.13 Å². The first-order valence-corrected chi connectivity index (χ1v) is 11.0. The monoisotopic (exact) mass is 410 g/mol. The number of amides is 1. The summed E-state index contributed by atoms with van der Waals surface area (Å²) in [6.45, 7) is 7.19. The number of carbonyl (C=O) groups excluding carboxylic acids is 1. The van der Waals surface area contributed by atoms with Crippen molar-refractivity contribution in [3.8, 4) is 0 Å². The Morgan fingerprint density at radius 3 is 3.10 bits per heavy atom. The predicted molar refractivity (Wildman–Crippen MR) is 116 cm³/mol. The number of para-hydroxylation sites is 1. The summed E-state index contributed by atoms with van der Waals surface area (Å²) >= 11 is 1.52. The Morgan fingerprint density at radius 2 is 2.21 bits per heavy atom. The van der Waals surface area contributed by atoms with E-state index in [0.29, 0.717) is 19.8 Å². The van der Waals surface area contributed by atoms with Crippen LogP contribution in [0.2, 0.25) is 0 Å². The minimum absolute atomic E-state index is 0.00997. The SMILES string of the molecule is CC1(C)CNC(=O)c2sc(N3CCOCC3Cc3c[nH]c4ccccc34)nc2C1. The molecule has 0 spiro atoms. The van der Waals surface area contributed by atoms with E-state index >= 15 is 0 Å². The van der Waals surface area contributed by atoms with E-state index in [1.165, 1.54) is 22.3 Å². The fourth-order valence-corrected chi connectivity index (χ4v) is 5.40. The number of anilines is 1. The number of hydrogen-bond donors (Lipinski definition) is 2. The molecule has 0 radical (unpaired) electrons. The maximum atomic E-state index is 12.6. The predicted octanol–water partition coefficient (Wildman–Crippen LogP) is 3.38. The summed E-state index contributed by atoms with van der Waals surface area (Å²) in [5.74, 6) is 0.00997. The van der Waals surface area contributed by atoms with E-state index in [2.05, 4.69) is 53.4 Å². The van der Waals surface area contributed by atoms with Crippen molar-refractivity contribution >= 4 is 33.3 Å². The number of ether oxygens (including phenoxy) is 1. The third-order valence-electron chi connectivity index (χ3n) is 5.87. The zero-order valence-electron chi connectivity index (χ0n) is 16.8. The van der Waals surface area contributed by atoms with Gasteiger partial charge in [-0.1, -0.05) is 43.4 Å². The number of nitrogens with zero attached hydrogens (tertiary/aromatic N) is 2. The lowest BCUT2D eigenvalue weighted by molar-refractivity contribution is 0.0941. The minimum Gasteiger partial charge on any atom is -0.377 e. The van der Waals surface area contributed by atoms with Gasteiger partial charge in [0.1, 0.15) is 4.88 Å². The number of hydrogen-bond acceptors (Lipinski definition) is 5. The molecule has 6 nitrogen and oxygen atoms in total. The molecule has 2 aliphatic rings. The van der Waals surface area contributed by atoms with Gasteiger partial charge >= 0.3 is 0 Å². The van der Waals surface area contributed by atoms with Gasteiger partial charge < -0.3 is 19.9 Å². The van der Waals surface area contributed by atoms with Crippen LogP contribution in [-0.2, 0) is 17.6 Å². The van der Waals surface area contributed by atoms with Crippen molar-refractivity contribution in [2.45, 2.75) is 32.7 Å². The lowest BCUT2D eigenvalue weighted by Crippen LogP contribution is -2.46. The van der Waals surface area contributed by atoms with E-state index in [4.69, 9.17) is 9.72 Å². The molecular weight excluding hydrogens is 384 g/mol. The molecule has 1 atom stereocenters. The summed E-state index contributed by atoms with van der Waals surface area (Å²) in [5, 5.41) is 5.26. The summed E-state index contributed by atoms with van der Waals surface area (Å²) in [7, 11) is 0. The Bertz CT molecular complexity index is 1050. The van der Waals surface area contributed by atoms with Crippen LogP contribution in [0.1, 0.15) is 34.8 Å². The number of H-pyrrole nitrogens is 1. The molecule has 1 fully saturated rings. The maximum absolute atomic E-state index is 12.6. The third kappa shape index (κ3) is 3.53. The largest absolute Gasteiger partial charge is 0.377 e. The molecule has 1 saturated heterocycles. The van der Waals surface area contributed by atoms with Crippen molar-refractivity contribution in [3.63, 3.8) is 0 Å². The van der Waals surface area contributed by atoms with Crippen LogP contribution in [0.15, 0.2) is 30.5 Å². The topological polar surface area (TPSA) is 70.2 Å². The normalized spacial score (nSPS) is 21.7. The highest BCUT2D eigenvalue weighted by Crippen LogP contribution is 2.35. The number of rotatable bonds is 3. The molecule has 29 heavy (non-hydrogen) atoms. The Hall–Kier alpha value is -2.38. The van der Waals surface area contributed by atoms with Gasteiger partial charge in [0, 0.05) is 30.2 Å². The molecule has 2 aromatic heterocycles. The van der Waals surface area contributed by atoms with Gasteiger partial charge in [0.25, 0.3) is 5.91 Å². The quantitative estimate of drug-likeness (QED) is 0.694. The molecule has 1 amide bonds. The molecule has 1 aromatic carbocycles.